The molecule has 0 aromatic carbocycles. The number of rotatable bonds is 2. The lowest BCUT2D eigenvalue weighted by molar-refractivity contribution is -0.130. The normalized spacial score (nSPS) is 20.8. The van der Waals surface area contributed by atoms with E-state index in [0.29, 0.717) is 23.5 Å². The van der Waals surface area contributed by atoms with Crippen molar-refractivity contribution in [2.24, 2.45) is 11.3 Å². The van der Waals surface area contributed by atoms with Gasteiger partial charge in [0.1, 0.15) is 5.76 Å². The summed E-state index contributed by atoms with van der Waals surface area (Å²) >= 11 is 0. The Hall–Kier alpha value is -1.32. The minimum Gasteiger partial charge on any atom is -0.361 e. The first-order valence-electron chi connectivity index (χ1n) is 7.56. The second-order valence-corrected chi connectivity index (χ2v) is 6.99. The molecule has 0 saturated carbocycles. The fraction of sp³-hybridized carbons (Fsp3) is 0.750. The summed E-state index contributed by atoms with van der Waals surface area (Å²) in [5.41, 5.74) is 1.16. The molecule has 0 radical (unpaired) electrons. The molecule has 2 rings (SSSR count). The van der Waals surface area contributed by atoms with E-state index >= 15 is 0 Å². The van der Waals surface area contributed by atoms with Crippen LogP contribution < -0.4 is 0 Å². The van der Waals surface area contributed by atoms with Gasteiger partial charge in [0.25, 0.3) is 0 Å². The van der Waals surface area contributed by atoms with Crippen molar-refractivity contribution in [1.82, 2.24) is 10.1 Å². The van der Waals surface area contributed by atoms with Crippen LogP contribution in [0.3, 0.4) is 0 Å². The molecule has 1 aromatic rings. The number of aryl methyl sites for hydroxylation is 1. The van der Waals surface area contributed by atoms with Gasteiger partial charge in [-0.15, -0.1) is 0 Å². The van der Waals surface area contributed by atoms with Crippen LogP contribution in [0.2, 0.25) is 0 Å². The fourth-order valence-electron chi connectivity index (χ4n) is 2.97. The molecule has 0 unspecified atom stereocenters. The lowest BCUT2D eigenvalue weighted by Gasteiger charge is -2.29. The predicted octanol–water partition coefficient (Wildman–Crippen LogP) is 3.20. The van der Waals surface area contributed by atoms with Gasteiger partial charge in [-0.3, -0.25) is 4.79 Å². The molecule has 20 heavy (non-hydrogen) atoms. The largest absolute Gasteiger partial charge is 0.361 e. The standard InChI is InChI=1S/C16H26N2O2/c1-12-10-14(20-17-12)11-15(19)18-8-5-6-13(7-9-18)16(2,3)4/h10,13H,5-9,11H2,1-4H3/t13-/m1/s1. The summed E-state index contributed by atoms with van der Waals surface area (Å²) in [6, 6.07) is 1.84. The topological polar surface area (TPSA) is 46.3 Å². The van der Waals surface area contributed by atoms with Gasteiger partial charge in [-0.1, -0.05) is 25.9 Å². The number of hydrogen-bond donors (Lipinski definition) is 0. The average Bonchev–Trinajstić information content (AvgIpc) is 2.64. The van der Waals surface area contributed by atoms with Gasteiger partial charge in [0, 0.05) is 19.2 Å². The second-order valence-electron chi connectivity index (χ2n) is 6.99. The Kier molecular flexibility index (Phi) is 4.51. The van der Waals surface area contributed by atoms with Crippen LogP contribution in [0, 0.1) is 18.3 Å². The van der Waals surface area contributed by atoms with Crippen LogP contribution in [0.4, 0.5) is 0 Å². The molecule has 0 bridgehead atoms. The van der Waals surface area contributed by atoms with E-state index in [1.54, 1.807) is 0 Å². The van der Waals surface area contributed by atoms with Crippen molar-refractivity contribution in [2.45, 2.75) is 53.4 Å². The number of carbonyl (C=O) groups excluding carboxylic acids is 1. The van der Waals surface area contributed by atoms with Gasteiger partial charge in [0.2, 0.25) is 5.91 Å². The summed E-state index contributed by atoms with van der Waals surface area (Å²) in [6.07, 6.45) is 3.75. The highest BCUT2D eigenvalue weighted by molar-refractivity contribution is 5.78. The molecule has 0 N–H and O–H groups in total. The molecule has 1 aliphatic rings. The van der Waals surface area contributed by atoms with Crippen molar-refractivity contribution in [2.75, 3.05) is 13.1 Å². The van der Waals surface area contributed by atoms with E-state index in [0.717, 1.165) is 31.6 Å². The molecule has 4 nitrogen and oxygen atoms in total. The van der Waals surface area contributed by atoms with Crippen LogP contribution in [0.5, 0.6) is 0 Å². The highest BCUT2D eigenvalue weighted by atomic mass is 16.5. The molecule has 1 atom stereocenters. The molecular formula is C16H26N2O2. The molecule has 1 amide bonds. The Balaban J connectivity index is 1.91. The van der Waals surface area contributed by atoms with Crippen molar-refractivity contribution in [3.05, 3.63) is 17.5 Å². The van der Waals surface area contributed by atoms with Crippen LogP contribution in [0.25, 0.3) is 0 Å². The molecule has 4 heteroatoms. The predicted molar refractivity (Wildman–Crippen MR) is 78.3 cm³/mol. The summed E-state index contributed by atoms with van der Waals surface area (Å²) in [6.45, 7) is 10.5. The van der Waals surface area contributed by atoms with Gasteiger partial charge in [-0.2, -0.15) is 0 Å². The Morgan fingerprint density at radius 1 is 1.40 bits per heavy atom. The Morgan fingerprint density at radius 3 is 2.75 bits per heavy atom. The monoisotopic (exact) mass is 278 g/mol. The number of carbonyl (C=O) groups is 1. The van der Waals surface area contributed by atoms with Crippen LogP contribution in [0.15, 0.2) is 10.6 Å². The molecule has 1 saturated heterocycles. The SMILES string of the molecule is Cc1cc(CC(=O)N2CCC[C@@H](C(C)(C)C)CC2)on1. The van der Waals surface area contributed by atoms with Crippen molar-refractivity contribution < 1.29 is 9.32 Å². The maximum Gasteiger partial charge on any atom is 0.230 e. The lowest BCUT2D eigenvalue weighted by Crippen LogP contribution is -2.33. The van der Waals surface area contributed by atoms with Gasteiger partial charge in [0.15, 0.2) is 0 Å². The first kappa shape index (κ1) is 15.1. The third-order valence-electron chi connectivity index (χ3n) is 4.31. The van der Waals surface area contributed by atoms with E-state index in [1.165, 1.54) is 6.42 Å². The minimum absolute atomic E-state index is 0.163. The Bertz CT molecular complexity index is 459. The summed E-state index contributed by atoms with van der Waals surface area (Å²) in [7, 11) is 0. The quantitative estimate of drug-likeness (QED) is 0.834. The number of nitrogens with zero attached hydrogens (tertiary/aromatic N) is 2. The number of amides is 1. The molecule has 112 valence electrons. The van der Waals surface area contributed by atoms with E-state index < -0.39 is 0 Å². The van der Waals surface area contributed by atoms with E-state index in [4.69, 9.17) is 4.52 Å². The number of likely N-dealkylation sites (tertiary alicyclic amines) is 1. The minimum atomic E-state index is 0.163. The van der Waals surface area contributed by atoms with Crippen molar-refractivity contribution in [3.63, 3.8) is 0 Å². The third-order valence-corrected chi connectivity index (χ3v) is 4.31. The number of aromatic nitrogens is 1. The number of hydrogen-bond acceptors (Lipinski definition) is 3. The molecule has 1 fully saturated rings. The van der Waals surface area contributed by atoms with Crippen molar-refractivity contribution in [3.8, 4) is 0 Å². The third kappa shape index (κ3) is 3.84. The van der Waals surface area contributed by atoms with E-state index in [1.807, 2.05) is 17.9 Å². The maximum absolute atomic E-state index is 12.3. The van der Waals surface area contributed by atoms with Crippen LogP contribution >= 0.6 is 0 Å². The van der Waals surface area contributed by atoms with Crippen LogP contribution in [-0.2, 0) is 11.2 Å². The summed E-state index contributed by atoms with van der Waals surface area (Å²) in [5, 5.41) is 3.83. The molecule has 0 aliphatic carbocycles. The molecular weight excluding hydrogens is 252 g/mol. The molecule has 2 heterocycles. The second kappa shape index (κ2) is 5.98. The van der Waals surface area contributed by atoms with E-state index in [-0.39, 0.29) is 5.91 Å². The van der Waals surface area contributed by atoms with Crippen molar-refractivity contribution >= 4 is 5.91 Å². The van der Waals surface area contributed by atoms with E-state index in [2.05, 4.69) is 25.9 Å². The van der Waals surface area contributed by atoms with Gasteiger partial charge < -0.3 is 9.42 Å². The Morgan fingerprint density at radius 2 is 2.15 bits per heavy atom. The summed E-state index contributed by atoms with van der Waals surface area (Å²) < 4.78 is 5.13. The molecule has 0 spiro atoms. The lowest BCUT2D eigenvalue weighted by atomic mass is 9.77. The average molecular weight is 278 g/mol. The summed E-state index contributed by atoms with van der Waals surface area (Å²) in [5.74, 6) is 1.53. The van der Waals surface area contributed by atoms with Gasteiger partial charge in [0.05, 0.1) is 12.1 Å². The zero-order valence-corrected chi connectivity index (χ0v) is 13.1. The summed E-state index contributed by atoms with van der Waals surface area (Å²) in [4.78, 5) is 14.3. The molecule has 1 aliphatic heterocycles. The molecule has 1 aromatic heterocycles. The van der Waals surface area contributed by atoms with Crippen molar-refractivity contribution in [1.29, 1.82) is 0 Å². The van der Waals surface area contributed by atoms with Gasteiger partial charge >= 0.3 is 0 Å². The van der Waals surface area contributed by atoms with Gasteiger partial charge in [-0.05, 0) is 37.5 Å². The fourth-order valence-corrected chi connectivity index (χ4v) is 2.97. The van der Waals surface area contributed by atoms with Crippen LogP contribution in [-0.4, -0.2) is 29.1 Å². The first-order valence-corrected chi connectivity index (χ1v) is 7.56. The van der Waals surface area contributed by atoms with Gasteiger partial charge in [-0.25, -0.2) is 0 Å². The highest BCUT2D eigenvalue weighted by Gasteiger charge is 2.28. The first-order chi connectivity index (χ1) is 9.36. The van der Waals surface area contributed by atoms with Crippen LogP contribution in [0.1, 0.15) is 51.5 Å². The Labute approximate surface area is 121 Å². The zero-order valence-electron chi connectivity index (χ0n) is 13.1. The smallest absolute Gasteiger partial charge is 0.230 e. The zero-order chi connectivity index (χ0) is 14.8. The van der Waals surface area contributed by atoms with E-state index in [9.17, 15) is 4.79 Å². The maximum atomic E-state index is 12.3. The highest BCUT2D eigenvalue weighted by Crippen LogP contribution is 2.34.